The van der Waals surface area contributed by atoms with Crippen molar-refractivity contribution >= 4 is 11.9 Å². The van der Waals surface area contributed by atoms with Crippen molar-refractivity contribution < 1.29 is 14.7 Å². The summed E-state index contributed by atoms with van der Waals surface area (Å²) in [5.41, 5.74) is -0.112. The summed E-state index contributed by atoms with van der Waals surface area (Å²) in [4.78, 5) is 25.9. The normalized spacial score (nSPS) is 21.7. The van der Waals surface area contributed by atoms with Gasteiger partial charge in [-0.3, -0.25) is 10.1 Å². The molecule has 1 aliphatic rings. The molecule has 0 bridgehead atoms. The van der Waals surface area contributed by atoms with E-state index in [4.69, 9.17) is 5.11 Å². The van der Waals surface area contributed by atoms with Crippen LogP contribution in [0.25, 0.3) is 0 Å². The molecule has 2 N–H and O–H groups in total. The number of aliphatic hydroxyl groups is 1. The molecule has 1 saturated heterocycles. The predicted octanol–water partition coefficient (Wildman–Crippen LogP) is 2.01. The molecule has 1 unspecified atom stereocenters. The van der Waals surface area contributed by atoms with Crippen LogP contribution in [0.5, 0.6) is 0 Å². The number of benzene rings is 1. The molecule has 0 aliphatic carbocycles. The predicted molar refractivity (Wildman–Crippen MR) is 79.6 cm³/mol. The van der Waals surface area contributed by atoms with Crippen molar-refractivity contribution in [2.45, 2.75) is 38.1 Å². The summed E-state index contributed by atoms with van der Waals surface area (Å²) in [5.74, 6) is -0.269. The molecule has 3 amide bonds. The molecule has 0 aromatic heterocycles. The maximum Gasteiger partial charge on any atom is 0.325 e. The van der Waals surface area contributed by atoms with Gasteiger partial charge in [0.1, 0.15) is 5.54 Å². The number of unbranched alkanes of at least 4 members (excludes halogenated alkanes) is 3. The third-order valence-electron chi connectivity index (χ3n) is 4.07. The van der Waals surface area contributed by atoms with Crippen molar-refractivity contribution in [2.75, 3.05) is 13.2 Å². The topological polar surface area (TPSA) is 69.6 Å². The molecule has 0 radical (unpaired) electrons. The summed E-state index contributed by atoms with van der Waals surface area (Å²) in [7, 11) is 0. The lowest BCUT2D eigenvalue weighted by atomic mass is 9.90. The molecular formula is C16H22N2O3. The minimum Gasteiger partial charge on any atom is -0.396 e. The third-order valence-corrected chi connectivity index (χ3v) is 4.07. The van der Waals surface area contributed by atoms with Gasteiger partial charge < -0.3 is 10.0 Å². The number of nitrogens with zero attached hydrogens (tertiary/aromatic N) is 1. The second kappa shape index (κ2) is 6.72. The Kier molecular flexibility index (Phi) is 4.96. The van der Waals surface area contributed by atoms with Gasteiger partial charge in [-0.15, -0.1) is 0 Å². The molecular weight excluding hydrogens is 268 g/mol. The molecule has 1 aliphatic heterocycles. The number of imide groups is 1. The molecule has 1 atom stereocenters. The fraction of sp³-hybridized carbons (Fsp3) is 0.500. The van der Waals surface area contributed by atoms with Crippen LogP contribution >= 0.6 is 0 Å². The number of nitrogens with one attached hydrogen (secondary N) is 1. The zero-order chi connectivity index (χ0) is 15.3. The second-order valence-corrected chi connectivity index (χ2v) is 5.49. The summed E-state index contributed by atoms with van der Waals surface area (Å²) in [5, 5.41) is 11.2. The van der Waals surface area contributed by atoms with Crippen molar-refractivity contribution in [3.8, 4) is 0 Å². The van der Waals surface area contributed by atoms with Gasteiger partial charge >= 0.3 is 6.03 Å². The summed E-state index contributed by atoms with van der Waals surface area (Å²) >= 11 is 0. The van der Waals surface area contributed by atoms with E-state index in [-0.39, 0.29) is 18.5 Å². The molecule has 1 heterocycles. The molecule has 0 saturated carbocycles. The van der Waals surface area contributed by atoms with Gasteiger partial charge in [0.05, 0.1) is 0 Å². The van der Waals surface area contributed by atoms with E-state index in [9.17, 15) is 9.59 Å². The van der Waals surface area contributed by atoms with Crippen LogP contribution in [0.15, 0.2) is 30.3 Å². The van der Waals surface area contributed by atoms with E-state index < -0.39 is 5.54 Å². The van der Waals surface area contributed by atoms with Crippen LogP contribution in [0, 0.1) is 0 Å². The minimum atomic E-state index is -0.935. The monoisotopic (exact) mass is 290 g/mol. The Bertz CT molecular complexity index is 504. The van der Waals surface area contributed by atoms with Crippen molar-refractivity contribution in [1.29, 1.82) is 0 Å². The van der Waals surface area contributed by atoms with Gasteiger partial charge in [0.25, 0.3) is 5.91 Å². The van der Waals surface area contributed by atoms with Gasteiger partial charge in [0, 0.05) is 13.2 Å². The van der Waals surface area contributed by atoms with Crippen LogP contribution in [0.4, 0.5) is 4.79 Å². The Hall–Kier alpha value is -1.88. The van der Waals surface area contributed by atoms with E-state index >= 15 is 0 Å². The SMILES string of the molecule is CC1(c2ccccc2)C(=O)NC(=O)N1CCCCCCO. The van der Waals surface area contributed by atoms with Crippen LogP contribution < -0.4 is 5.32 Å². The number of aliphatic hydroxyl groups excluding tert-OH is 1. The Morgan fingerprint density at radius 2 is 1.76 bits per heavy atom. The van der Waals surface area contributed by atoms with E-state index in [0.717, 1.165) is 31.2 Å². The number of hydrogen-bond donors (Lipinski definition) is 2. The van der Waals surface area contributed by atoms with E-state index in [1.54, 1.807) is 11.8 Å². The minimum absolute atomic E-state index is 0.199. The molecule has 21 heavy (non-hydrogen) atoms. The highest BCUT2D eigenvalue weighted by Crippen LogP contribution is 2.33. The molecule has 2 rings (SSSR count). The number of amides is 3. The summed E-state index contributed by atoms with van der Waals surface area (Å²) in [6.07, 6.45) is 3.47. The summed E-state index contributed by atoms with van der Waals surface area (Å²) in [6.45, 7) is 2.52. The van der Waals surface area contributed by atoms with Crippen LogP contribution in [0.1, 0.15) is 38.2 Å². The Balaban J connectivity index is 2.10. The fourth-order valence-electron chi connectivity index (χ4n) is 2.72. The number of rotatable bonds is 7. The Morgan fingerprint density at radius 3 is 2.43 bits per heavy atom. The van der Waals surface area contributed by atoms with Gasteiger partial charge in [-0.05, 0) is 25.3 Å². The molecule has 5 nitrogen and oxygen atoms in total. The highest BCUT2D eigenvalue weighted by Gasteiger charge is 2.49. The first-order chi connectivity index (χ1) is 10.1. The molecule has 1 fully saturated rings. The quantitative estimate of drug-likeness (QED) is 0.596. The average molecular weight is 290 g/mol. The van der Waals surface area contributed by atoms with E-state index in [2.05, 4.69) is 5.32 Å². The third kappa shape index (κ3) is 3.08. The van der Waals surface area contributed by atoms with E-state index in [1.165, 1.54) is 0 Å². The van der Waals surface area contributed by atoms with Gasteiger partial charge in [0.2, 0.25) is 0 Å². The van der Waals surface area contributed by atoms with Gasteiger partial charge in [-0.1, -0.05) is 43.2 Å². The van der Waals surface area contributed by atoms with Gasteiger partial charge in [-0.25, -0.2) is 4.79 Å². The van der Waals surface area contributed by atoms with Crippen LogP contribution in [0.3, 0.4) is 0 Å². The highest BCUT2D eigenvalue weighted by molar-refractivity contribution is 6.07. The van der Waals surface area contributed by atoms with Crippen molar-refractivity contribution in [1.82, 2.24) is 10.2 Å². The van der Waals surface area contributed by atoms with Crippen molar-refractivity contribution in [2.24, 2.45) is 0 Å². The van der Waals surface area contributed by atoms with Crippen LogP contribution in [0.2, 0.25) is 0 Å². The zero-order valence-electron chi connectivity index (χ0n) is 12.3. The molecule has 114 valence electrons. The summed E-state index contributed by atoms with van der Waals surface area (Å²) in [6, 6.07) is 9.05. The molecule has 1 aromatic rings. The maximum absolute atomic E-state index is 12.2. The molecule has 1 aromatic carbocycles. The first-order valence-electron chi connectivity index (χ1n) is 7.40. The zero-order valence-corrected chi connectivity index (χ0v) is 12.3. The molecule has 0 spiro atoms. The van der Waals surface area contributed by atoms with Crippen molar-refractivity contribution in [3.63, 3.8) is 0 Å². The largest absolute Gasteiger partial charge is 0.396 e. The first-order valence-corrected chi connectivity index (χ1v) is 7.40. The standard InChI is InChI=1S/C16H22N2O3/c1-16(13-9-5-4-6-10-13)14(20)17-15(21)18(16)11-7-2-3-8-12-19/h4-6,9-10,19H,2-3,7-8,11-12H2,1H3,(H,17,20,21). The lowest BCUT2D eigenvalue weighted by Gasteiger charge is -2.32. The van der Waals surface area contributed by atoms with Gasteiger partial charge in [-0.2, -0.15) is 0 Å². The Morgan fingerprint density at radius 1 is 1.10 bits per heavy atom. The average Bonchev–Trinajstić information content (AvgIpc) is 2.71. The fourth-order valence-corrected chi connectivity index (χ4v) is 2.72. The smallest absolute Gasteiger partial charge is 0.325 e. The van der Waals surface area contributed by atoms with Crippen LogP contribution in [-0.4, -0.2) is 35.1 Å². The van der Waals surface area contributed by atoms with Crippen molar-refractivity contribution in [3.05, 3.63) is 35.9 Å². The maximum atomic E-state index is 12.2. The second-order valence-electron chi connectivity index (χ2n) is 5.49. The number of hydrogen-bond acceptors (Lipinski definition) is 3. The Labute approximate surface area is 125 Å². The number of urea groups is 1. The van der Waals surface area contributed by atoms with Crippen LogP contribution in [-0.2, 0) is 10.3 Å². The summed E-state index contributed by atoms with van der Waals surface area (Å²) < 4.78 is 0. The van der Waals surface area contributed by atoms with Gasteiger partial charge in [0.15, 0.2) is 0 Å². The molecule has 5 heteroatoms. The highest BCUT2D eigenvalue weighted by atomic mass is 16.3. The van der Waals surface area contributed by atoms with E-state index in [1.807, 2.05) is 30.3 Å². The van der Waals surface area contributed by atoms with E-state index in [0.29, 0.717) is 6.54 Å². The lowest BCUT2D eigenvalue weighted by Crippen LogP contribution is -2.44. The lowest BCUT2D eigenvalue weighted by molar-refractivity contribution is -0.126. The number of carbonyl (C=O) groups is 2. The first kappa shape index (κ1) is 15.5. The number of carbonyl (C=O) groups excluding carboxylic acids is 2.